The Morgan fingerprint density at radius 1 is 1.24 bits per heavy atom. The summed E-state index contributed by atoms with van der Waals surface area (Å²) in [6, 6.07) is 11.1. The van der Waals surface area contributed by atoms with Gasteiger partial charge in [-0.2, -0.15) is 0 Å². The highest BCUT2D eigenvalue weighted by Gasteiger charge is 2.26. The van der Waals surface area contributed by atoms with Gasteiger partial charge in [-0.3, -0.25) is 9.59 Å². The van der Waals surface area contributed by atoms with Crippen LogP contribution in [0, 0.1) is 0 Å². The van der Waals surface area contributed by atoms with Crippen LogP contribution in [-0.2, 0) is 12.8 Å². The van der Waals surface area contributed by atoms with Crippen LogP contribution in [0.25, 0.3) is 10.9 Å². The normalized spacial score (nSPS) is 15.8. The van der Waals surface area contributed by atoms with Gasteiger partial charge in [-0.25, -0.2) is 4.98 Å². The van der Waals surface area contributed by atoms with Gasteiger partial charge in [-0.05, 0) is 42.2 Å². The first-order valence-electron chi connectivity index (χ1n) is 8.10. The standard InChI is InChI=1S/C19H17N3O3/c1-25-16-4-2-3-12-9-13(10-14(12)16)21-18(23)15-6-5-11-7-8-20-19(24)17(11)22-15/h2-8,13H,9-10H2,1H3,(H,20,24)(H,21,23). The molecule has 1 aliphatic rings. The maximum Gasteiger partial charge on any atom is 0.274 e. The lowest BCUT2D eigenvalue weighted by Gasteiger charge is -2.12. The number of methoxy groups -OCH3 is 1. The molecule has 0 spiro atoms. The molecule has 2 aromatic heterocycles. The van der Waals surface area contributed by atoms with Gasteiger partial charge in [-0.15, -0.1) is 0 Å². The number of H-pyrrole nitrogens is 1. The highest BCUT2D eigenvalue weighted by molar-refractivity contribution is 5.95. The van der Waals surface area contributed by atoms with Crippen molar-refractivity contribution < 1.29 is 9.53 Å². The molecule has 1 atom stereocenters. The fourth-order valence-corrected chi connectivity index (χ4v) is 3.36. The smallest absolute Gasteiger partial charge is 0.274 e. The summed E-state index contributed by atoms with van der Waals surface area (Å²) in [6.45, 7) is 0. The van der Waals surface area contributed by atoms with E-state index < -0.39 is 0 Å². The number of carbonyl (C=O) groups is 1. The lowest BCUT2D eigenvalue weighted by molar-refractivity contribution is 0.0934. The average Bonchev–Trinajstić information content (AvgIpc) is 3.04. The van der Waals surface area contributed by atoms with Crippen LogP contribution in [0.3, 0.4) is 0 Å². The summed E-state index contributed by atoms with van der Waals surface area (Å²) in [5, 5.41) is 3.72. The van der Waals surface area contributed by atoms with E-state index in [0.717, 1.165) is 24.2 Å². The molecule has 3 aromatic rings. The van der Waals surface area contributed by atoms with Crippen LogP contribution >= 0.6 is 0 Å². The Hall–Kier alpha value is -3.15. The number of aromatic amines is 1. The third-order valence-corrected chi connectivity index (χ3v) is 4.55. The molecule has 25 heavy (non-hydrogen) atoms. The Morgan fingerprint density at radius 3 is 2.96 bits per heavy atom. The van der Waals surface area contributed by atoms with E-state index in [-0.39, 0.29) is 28.7 Å². The molecule has 4 rings (SSSR count). The summed E-state index contributed by atoms with van der Waals surface area (Å²) < 4.78 is 5.39. The van der Waals surface area contributed by atoms with E-state index >= 15 is 0 Å². The number of fused-ring (bicyclic) bond motifs is 2. The second-order valence-electron chi connectivity index (χ2n) is 6.12. The third kappa shape index (κ3) is 2.76. The first-order chi connectivity index (χ1) is 12.2. The van der Waals surface area contributed by atoms with Crippen LogP contribution in [0.1, 0.15) is 21.6 Å². The van der Waals surface area contributed by atoms with Crippen molar-refractivity contribution in [2.24, 2.45) is 0 Å². The van der Waals surface area contributed by atoms with Gasteiger partial charge in [0.25, 0.3) is 11.5 Å². The van der Waals surface area contributed by atoms with Crippen molar-refractivity contribution in [1.82, 2.24) is 15.3 Å². The number of nitrogens with zero attached hydrogens (tertiary/aromatic N) is 1. The zero-order valence-corrected chi connectivity index (χ0v) is 13.7. The number of amides is 1. The molecule has 126 valence electrons. The van der Waals surface area contributed by atoms with Gasteiger partial charge in [0.15, 0.2) is 0 Å². The van der Waals surface area contributed by atoms with Gasteiger partial charge in [0, 0.05) is 17.6 Å². The van der Waals surface area contributed by atoms with E-state index in [9.17, 15) is 9.59 Å². The largest absolute Gasteiger partial charge is 0.496 e. The molecule has 0 radical (unpaired) electrons. The van der Waals surface area contributed by atoms with E-state index in [0.29, 0.717) is 5.39 Å². The van der Waals surface area contributed by atoms with Crippen LogP contribution in [0.2, 0.25) is 0 Å². The predicted octanol–water partition coefficient (Wildman–Crippen LogP) is 1.83. The minimum atomic E-state index is -0.301. The van der Waals surface area contributed by atoms with Crippen molar-refractivity contribution in [3.8, 4) is 5.75 Å². The number of hydrogen-bond donors (Lipinski definition) is 2. The number of nitrogens with one attached hydrogen (secondary N) is 2. The second kappa shape index (κ2) is 6.05. The molecule has 1 unspecified atom stereocenters. The summed E-state index contributed by atoms with van der Waals surface area (Å²) in [6.07, 6.45) is 3.04. The number of pyridine rings is 2. The Balaban J connectivity index is 1.55. The Kier molecular flexibility index (Phi) is 3.72. The maximum absolute atomic E-state index is 12.5. The SMILES string of the molecule is COc1cccc2c1CC(NC(=O)c1ccc3cc[nH]c(=O)c3n1)C2. The zero-order valence-electron chi connectivity index (χ0n) is 13.7. The summed E-state index contributed by atoms with van der Waals surface area (Å²) in [4.78, 5) is 31.2. The Morgan fingerprint density at radius 2 is 2.12 bits per heavy atom. The molecule has 1 aromatic carbocycles. The lowest BCUT2D eigenvalue weighted by atomic mass is 10.1. The van der Waals surface area contributed by atoms with Crippen molar-refractivity contribution in [2.45, 2.75) is 18.9 Å². The number of hydrogen-bond acceptors (Lipinski definition) is 4. The predicted molar refractivity (Wildman–Crippen MR) is 94.0 cm³/mol. The zero-order chi connectivity index (χ0) is 17.4. The molecule has 1 aliphatic carbocycles. The minimum Gasteiger partial charge on any atom is -0.496 e. The number of carbonyl (C=O) groups excluding carboxylic acids is 1. The van der Waals surface area contributed by atoms with Crippen molar-refractivity contribution in [2.75, 3.05) is 7.11 Å². The van der Waals surface area contributed by atoms with Crippen LogP contribution in [0.5, 0.6) is 5.75 Å². The van der Waals surface area contributed by atoms with Gasteiger partial charge in [0.2, 0.25) is 0 Å². The van der Waals surface area contributed by atoms with Gasteiger partial charge in [0.05, 0.1) is 7.11 Å². The van der Waals surface area contributed by atoms with Crippen molar-refractivity contribution >= 4 is 16.8 Å². The number of benzene rings is 1. The maximum atomic E-state index is 12.5. The van der Waals surface area contributed by atoms with E-state index in [1.807, 2.05) is 12.1 Å². The molecule has 6 nitrogen and oxygen atoms in total. The van der Waals surface area contributed by atoms with Crippen LogP contribution < -0.4 is 15.6 Å². The van der Waals surface area contributed by atoms with Crippen molar-refractivity contribution in [3.63, 3.8) is 0 Å². The fourth-order valence-electron chi connectivity index (χ4n) is 3.36. The number of ether oxygens (including phenoxy) is 1. The van der Waals surface area contributed by atoms with Gasteiger partial charge < -0.3 is 15.0 Å². The molecular formula is C19H17N3O3. The molecule has 2 heterocycles. The number of aromatic nitrogens is 2. The quantitative estimate of drug-likeness (QED) is 0.765. The van der Waals surface area contributed by atoms with E-state index in [2.05, 4.69) is 21.4 Å². The van der Waals surface area contributed by atoms with Crippen LogP contribution in [0.4, 0.5) is 0 Å². The minimum absolute atomic E-state index is 0.00893. The van der Waals surface area contributed by atoms with Gasteiger partial charge in [-0.1, -0.05) is 18.2 Å². The highest BCUT2D eigenvalue weighted by Crippen LogP contribution is 2.30. The highest BCUT2D eigenvalue weighted by atomic mass is 16.5. The molecule has 0 saturated carbocycles. The van der Waals surface area contributed by atoms with E-state index in [1.165, 1.54) is 5.56 Å². The Labute approximate surface area is 143 Å². The van der Waals surface area contributed by atoms with Gasteiger partial charge >= 0.3 is 0 Å². The van der Waals surface area contributed by atoms with Gasteiger partial charge in [0.1, 0.15) is 17.0 Å². The molecular weight excluding hydrogens is 318 g/mol. The first-order valence-corrected chi connectivity index (χ1v) is 8.10. The lowest BCUT2D eigenvalue weighted by Crippen LogP contribution is -2.35. The second-order valence-corrected chi connectivity index (χ2v) is 6.12. The third-order valence-electron chi connectivity index (χ3n) is 4.55. The first kappa shape index (κ1) is 15.4. The van der Waals surface area contributed by atoms with Crippen LogP contribution in [-0.4, -0.2) is 29.0 Å². The summed E-state index contributed by atoms with van der Waals surface area (Å²) in [7, 11) is 1.65. The molecule has 1 amide bonds. The van der Waals surface area contributed by atoms with Crippen molar-refractivity contribution in [3.05, 3.63) is 69.8 Å². The Bertz CT molecular complexity index is 1030. The summed E-state index contributed by atoms with van der Waals surface area (Å²) in [5.41, 5.74) is 2.54. The average molecular weight is 335 g/mol. The van der Waals surface area contributed by atoms with Crippen LogP contribution in [0.15, 0.2) is 47.4 Å². The van der Waals surface area contributed by atoms with E-state index in [4.69, 9.17) is 4.74 Å². The number of rotatable bonds is 3. The molecule has 0 saturated heterocycles. The molecule has 0 aliphatic heterocycles. The summed E-state index contributed by atoms with van der Waals surface area (Å²) in [5.74, 6) is 0.575. The molecule has 2 N–H and O–H groups in total. The monoisotopic (exact) mass is 335 g/mol. The molecule has 6 heteroatoms. The van der Waals surface area contributed by atoms with E-state index in [1.54, 1.807) is 31.5 Å². The van der Waals surface area contributed by atoms with Crippen molar-refractivity contribution in [1.29, 1.82) is 0 Å². The molecule has 0 fully saturated rings. The molecule has 0 bridgehead atoms. The topological polar surface area (TPSA) is 84.1 Å². The fraction of sp³-hybridized carbons (Fsp3) is 0.211. The summed E-state index contributed by atoms with van der Waals surface area (Å²) >= 11 is 0.